The second-order valence-electron chi connectivity index (χ2n) is 7.41. The maximum absolute atomic E-state index is 11.2. The van der Waals surface area contributed by atoms with Crippen molar-refractivity contribution >= 4 is 30.8 Å². The molecule has 3 fully saturated rings. The maximum atomic E-state index is 11.2. The summed E-state index contributed by atoms with van der Waals surface area (Å²) in [4.78, 5) is 13.8. The van der Waals surface area contributed by atoms with Gasteiger partial charge in [-0.15, -0.1) is 24.8 Å². The largest absolute Gasteiger partial charge is 0.481 e. The quantitative estimate of drug-likeness (QED) is 0.819. The highest BCUT2D eigenvalue weighted by Crippen LogP contribution is 2.45. The zero-order valence-electron chi connectivity index (χ0n) is 13.4. The van der Waals surface area contributed by atoms with Crippen molar-refractivity contribution in [2.24, 2.45) is 17.3 Å². The van der Waals surface area contributed by atoms with Crippen LogP contribution in [0.3, 0.4) is 0 Å². The smallest absolute Gasteiger partial charge is 0.309 e. The summed E-state index contributed by atoms with van der Waals surface area (Å²) in [5.74, 6) is 1.13. The van der Waals surface area contributed by atoms with Gasteiger partial charge in [0.05, 0.1) is 5.41 Å². The second-order valence-corrected chi connectivity index (χ2v) is 7.41. The van der Waals surface area contributed by atoms with Crippen LogP contribution in [0.1, 0.15) is 45.4 Å². The van der Waals surface area contributed by atoms with E-state index >= 15 is 0 Å². The van der Waals surface area contributed by atoms with Gasteiger partial charge in [0.1, 0.15) is 0 Å². The fraction of sp³-hybridized carbons (Fsp3) is 0.938. The number of hydrogen-bond acceptors (Lipinski definition) is 3. The molecule has 2 heterocycles. The number of carboxylic acids is 1. The molecule has 0 radical (unpaired) electrons. The van der Waals surface area contributed by atoms with Crippen molar-refractivity contribution in [1.29, 1.82) is 0 Å². The lowest BCUT2D eigenvalue weighted by Gasteiger charge is -2.50. The van der Waals surface area contributed by atoms with Gasteiger partial charge in [0.25, 0.3) is 0 Å². The van der Waals surface area contributed by atoms with E-state index < -0.39 is 11.4 Å². The Morgan fingerprint density at radius 3 is 2.36 bits per heavy atom. The molecule has 0 aromatic carbocycles. The van der Waals surface area contributed by atoms with Gasteiger partial charge < -0.3 is 15.3 Å². The SMILES string of the molecule is CC1(C(=O)O)CC(N2CCC[C@H](C3CCNCC3)C2)C1.Cl.Cl. The number of nitrogens with zero attached hydrogens (tertiary/aromatic N) is 1. The van der Waals surface area contributed by atoms with Crippen LogP contribution in [-0.2, 0) is 4.79 Å². The van der Waals surface area contributed by atoms with Gasteiger partial charge in [-0.2, -0.15) is 0 Å². The predicted octanol–water partition coefficient (Wildman–Crippen LogP) is 2.79. The van der Waals surface area contributed by atoms with Gasteiger partial charge >= 0.3 is 5.97 Å². The molecule has 130 valence electrons. The molecule has 0 bridgehead atoms. The number of halogens is 2. The molecule has 0 spiro atoms. The fourth-order valence-corrected chi connectivity index (χ4v) is 4.49. The van der Waals surface area contributed by atoms with Gasteiger partial charge in [-0.25, -0.2) is 0 Å². The predicted molar refractivity (Wildman–Crippen MR) is 93.2 cm³/mol. The topological polar surface area (TPSA) is 52.6 Å². The van der Waals surface area contributed by atoms with Crippen LogP contribution in [0, 0.1) is 17.3 Å². The minimum atomic E-state index is -0.610. The van der Waals surface area contributed by atoms with E-state index in [0.29, 0.717) is 6.04 Å². The molecule has 1 saturated carbocycles. The van der Waals surface area contributed by atoms with E-state index in [2.05, 4.69) is 10.2 Å². The van der Waals surface area contributed by atoms with Crippen LogP contribution < -0.4 is 5.32 Å². The third-order valence-corrected chi connectivity index (χ3v) is 5.94. The molecule has 0 aromatic heterocycles. The molecular weight excluding hydrogens is 323 g/mol. The number of carbonyl (C=O) groups is 1. The third-order valence-electron chi connectivity index (χ3n) is 5.94. The Bertz CT molecular complexity index is 369. The van der Waals surface area contributed by atoms with Gasteiger partial charge in [0.2, 0.25) is 0 Å². The van der Waals surface area contributed by atoms with Gasteiger partial charge in [-0.1, -0.05) is 0 Å². The van der Waals surface area contributed by atoms with Crippen LogP contribution in [0.15, 0.2) is 0 Å². The molecule has 2 N–H and O–H groups in total. The van der Waals surface area contributed by atoms with Crippen LogP contribution >= 0.6 is 24.8 Å². The summed E-state index contributed by atoms with van der Waals surface area (Å²) in [5.41, 5.74) is -0.452. The van der Waals surface area contributed by atoms with E-state index in [-0.39, 0.29) is 24.8 Å². The molecule has 4 nitrogen and oxygen atoms in total. The number of hydrogen-bond donors (Lipinski definition) is 2. The first-order valence-corrected chi connectivity index (χ1v) is 8.27. The summed E-state index contributed by atoms with van der Waals surface area (Å²) in [7, 11) is 0. The molecule has 2 aliphatic heterocycles. The zero-order chi connectivity index (χ0) is 14.2. The van der Waals surface area contributed by atoms with Crippen molar-refractivity contribution < 1.29 is 9.90 Å². The van der Waals surface area contributed by atoms with Crippen molar-refractivity contribution in [2.75, 3.05) is 26.2 Å². The minimum absolute atomic E-state index is 0. The number of piperidine rings is 2. The van der Waals surface area contributed by atoms with Crippen molar-refractivity contribution in [2.45, 2.75) is 51.5 Å². The van der Waals surface area contributed by atoms with E-state index in [1.807, 2.05) is 6.92 Å². The van der Waals surface area contributed by atoms with Crippen molar-refractivity contribution in [3.05, 3.63) is 0 Å². The first-order chi connectivity index (χ1) is 9.58. The fourth-order valence-electron chi connectivity index (χ4n) is 4.49. The average molecular weight is 353 g/mol. The summed E-state index contributed by atoms with van der Waals surface area (Å²) in [6.45, 7) is 6.66. The lowest BCUT2D eigenvalue weighted by atomic mass is 9.65. The molecule has 0 amide bonds. The molecule has 2 saturated heterocycles. The van der Waals surface area contributed by atoms with Crippen molar-refractivity contribution in [1.82, 2.24) is 10.2 Å². The molecule has 22 heavy (non-hydrogen) atoms. The van der Waals surface area contributed by atoms with Crippen LogP contribution in [0.4, 0.5) is 0 Å². The standard InChI is InChI=1S/C16H28N2O2.2ClH/c1-16(15(19)20)9-14(10-16)18-8-2-3-13(11-18)12-4-6-17-7-5-12;;/h12-14,17H,2-11H2,1H3,(H,19,20);2*1H/t13-,14?,16?;;/m0../s1. The van der Waals surface area contributed by atoms with Crippen LogP contribution in [-0.4, -0.2) is 48.2 Å². The van der Waals surface area contributed by atoms with Gasteiger partial charge in [0.15, 0.2) is 0 Å². The average Bonchev–Trinajstić information content (AvgIpc) is 2.45. The highest BCUT2D eigenvalue weighted by Gasteiger charge is 2.49. The third kappa shape index (κ3) is 4.08. The molecule has 6 heteroatoms. The highest BCUT2D eigenvalue weighted by molar-refractivity contribution is 5.85. The van der Waals surface area contributed by atoms with E-state index in [4.69, 9.17) is 0 Å². The Kier molecular flexibility index (Phi) is 7.44. The number of aliphatic carboxylic acids is 1. The summed E-state index contributed by atoms with van der Waals surface area (Å²) in [6, 6.07) is 0.528. The van der Waals surface area contributed by atoms with Gasteiger partial charge in [-0.3, -0.25) is 4.79 Å². The van der Waals surface area contributed by atoms with E-state index in [1.54, 1.807) is 0 Å². The number of likely N-dealkylation sites (tertiary alicyclic amines) is 1. The van der Waals surface area contributed by atoms with Gasteiger partial charge in [-0.05, 0) is 76.9 Å². The first kappa shape index (κ1) is 20.0. The lowest BCUT2D eigenvalue weighted by molar-refractivity contribution is -0.158. The van der Waals surface area contributed by atoms with Crippen LogP contribution in [0.5, 0.6) is 0 Å². The maximum Gasteiger partial charge on any atom is 0.309 e. The minimum Gasteiger partial charge on any atom is -0.481 e. The Morgan fingerprint density at radius 2 is 1.77 bits per heavy atom. The number of carboxylic acid groups (broad SMARTS) is 1. The number of nitrogens with one attached hydrogen (secondary N) is 1. The summed E-state index contributed by atoms with van der Waals surface area (Å²) < 4.78 is 0. The number of rotatable bonds is 3. The summed E-state index contributed by atoms with van der Waals surface area (Å²) >= 11 is 0. The molecule has 3 rings (SSSR count). The normalized spacial score (nSPS) is 36.6. The second kappa shape index (κ2) is 8.18. The molecule has 1 atom stereocenters. The van der Waals surface area contributed by atoms with Crippen LogP contribution in [0.25, 0.3) is 0 Å². The van der Waals surface area contributed by atoms with E-state index in [0.717, 1.165) is 24.7 Å². The monoisotopic (exact) mass is 352 g/mol. The first-order valence-electron chi connectivity index (χ1n) is 8.27. The molecule has 0 unspecified atom stereocenters. The van der Waals surface area contributed by atoms with Crippen molar-refractivity contribution in [3.63, 3.8) is 0 Å². The Balaban J connectivity index is 0.00000121. The van der Waals surface area contributed by atoms with E-state index in [1.165, 1.54) is 51.9 Å². The summed E-state index contributed by atoms with van der Waals surface area (Å²) in [5, 5.41) is 12.7. The Hall–Kier alpha value is -0.0300. The molecular formula is C16H30Cl2N2O2. The zero-order valence-corrected chi connectivity index (χ0v) is 15.1. The molecule has 3 aliphatic rings. The molecule has 1 aliphatic carbocycles. The lowest BCUT2D eigenvalue weighted by Crippen LogP contribution is -2.56. The summed E-state index contributed by atoms with van der Waals surface area (Å²) in [6.07, 6.45) is 7.04. The van der Waals surface area contributed by atoms with Crippen molar-refractivity contribution in [3.8, 4) is 0 Å². The molecule has 0 aromatic rings. The Morgan fingerprint density at radius 1 is 1.14 bits per heavy atom. The van der Waals surface area contributed by atoms with Gasteiger partial charge in [0, 0.05) is 12.6 Å². The highest BCUT2D eigenvalue weighted by atomic mass is 35.5. The van der Waals surface area contributed by atoms with E-state index in [9.17, 15) is 9.90 Å². The Labute approximate surface area is 146 Å². The van der Waals surface area contributed by atoms with Crippen LogP contribution in [0.2, 0.25) is 0 Å².